The van der Waals surface area contributed by atoms with E-state index in [0.29, 0.717) is 23.3 Å². The normalized spacial score (nSPS) is 14.3. The summed E-state index contributed by atoms with van der Waals surface area (Å²) in [5.74, 6) is -0.813. The highest BCUT2D eigenvalue weighted by Crippen LogP contribution is 2.26. The number of amides is 2. The number of esters is 1. The van der Waals surface area contributed by atoms with Crippen LogP contribution in [0.2, 0.25) is 10.0 Å². The smallest absolute Gasteiger partial charge is 0.325 e. The summed E-state index contributed by atoms with van der Waals surface area (Å²) in [6.45, 7) is 1.92. The molecule has 0 aliphatic carbocycles. The van der Waals surface area contributed by atoms with Crippen LogP contribution < -0.4 is 4.72 Å². The van der Waals surface area contributed by atoms with Gasteiger partial charge >= 0.3 is 5.97 Å². The number of rotatable bonds is 11. The van der Waals surface area contributed by atoms with E-state index in [1.165, 1.54) is 34.9 Å². The second-order valence-corrected chi connectivity index (χ2v) is 10.9. The topological polar surface area (TPSA) is 110 Å². The minimum Gasteiger partial charge on any atom is -0.465 e. The molecule has 8 nitrogen and oxygen atoms in total. The van der Waals surface area contributed by atoms with Gasteiger partial charge in [-0.1, -0.05) is 35.3 Å². The zero-order valence-corrected chi connectivity index (χ0v) is 21.3. The fourth-order valence-electron chi connectivity index (χ4n) is 3.31. The molecule has 1 atom stereocenters. The van der Waals surface area contributed by atoms with E-state index in [0.717, 1.165) is 0 Å². The van der Waals surface area contributed by atoms with Gasteiger partial charge in [0.05, 0.1) is 22.8 Å². The van der Waals surface area contributed by atoms with Crippen LogP contribution in [0.4, 0.5) is 0 Å². The lowest BCUT2D eigenvalue weighted by Gasteiger charge is -2.18. The van der Waals surface area contributed by atoms with Crippen LogP contribution in [0.25, 0.3) is 0 Å². The predicted molar refractivity (Wildman–Crippen MR) is 131 cm³/mol. The fraction of sp³-hybridized carbons (Fsp3) is 0.318. The molecule has 0 fully saturated rings. The Balaban J connectivity index is 1.57. The summed E-state index contributed by atoms with van der Waals surface area (Å²) in [7, 11) is -4.12. The lowest BCUT2D eigenvalue weighted by molar-refractivity contribution is -0.144. The summed E-state index contributed by atoms with van der Waals surface area (Å²) in [6, 6.07) is 9.43. The Labute approximate surface area is 212 Å². The summed E-state index contributed by atoms with van der Waals surface area (Å²) in [4.78, 5) is 38.2. The molecule has 1 N–H and O–H groups in total. The molecular weight excluding hydrogens is 523 g/mol. The first kappa shape index (κ1) is 26.5. The van der Waals surface area contributed by atoms with Crippen LogP contribution in [0.3, 0.4) is 0 Å². The van der Waals surface area contributed by atoms with Crippen LogP contribution >= 0.6 is 35.0 Å². The van der Waals surface area contributed by atoms with Gasteiger partial charge in [-0.3, -0.25) is 19.3 Å². The summed E-state index contributed by atoms with van der Waals surface area (Å²) in [5.41, 5.74) is 0.774. The van der Waals surface area contributed by atoms with Crippen molar-refractivity contribution in [3.8, 4) is 0 Å². The second kappa shape index (κ2) is 11.5. The molecule has 0 aromatic heterocycles. The number of halogens is 2. The molecular formula is C22H22Cl2N2O6S2. The predicted octanol–water partition coefficient (Wildman–Crippen LogP) is 3.62. The van der Waals surface area contributed by atoms with Crippen molar-refractivity contribution in [2.75, 3.05) is 24.7 Å². The van der Waals surface area contributed by atoms with Crippen LogP contribution in [-0.4, -0.2) is 61.8 Å². The van der Waals surface area contributed by atoms with Crippen molar-refractivity contribution in [1.82, 2.24) is 9.62 Å². The minimum absolute atomic E-state index is 0.0730. The zero-order chi connectivity index (χ0) is 24.9. The SMILES string of the molecule is CCOC(=O)C(CSCCCN1C(=O)c2ccccc2C1=O)NS(=O)(=O)c1ccc(Cl)cc1Cl. The van der Waals surface area contributed by atoms with Crippen molar-refractivity contribution < 1.29 is 27.5 Å². The number of thioether (sulfide) groups is 1. The van der Waals surface area contributed by atoms with Gasteiger partial charge in [0.15, 0.2) is 0 Å². The van der Waals surface area contributed by atoms with Gasteiger partial charge in [-0.2, -0.15) is 16.5 Å². The Morgan fingerprint density at radius 1 is 1.12 bits per heavy atom. The number of imide groups is 1. The average Bonchev–Trinajstić information content (AvgIpc) is 3.02. The maximum Gasteiger partial charge on any atom is 0.325 e. The molecule has 2 aromatic rings. The van der Waals surface area contributed by atoms with Crippen LogP contribution in [0.15, 0.2) is 47.4 Å². The molecule has 1 heterocycles. The molecule has 34 heavy (non-hydrogen) atoms. The quantitative estimate of drug-likeness (QED) is 0.261. The molecule has 1 aliphatic heterocycles. The van der Waals surface area contributed by atoms with Crippen molar-refractivity contribution in [1.29, 1.82) is 0 Å². The van der Waals surface area contributed by atoms with Gasteiger partial charge in [0.2, 0.25) is 10.0 Å². The number of carbonyl (C=O) groups excluding carboxylic acids is 3. The monoisotopic (exact) mass is 544 g/mol. The Morgan fingerprint density at radius 2 is 1.76 bits per heavy atom. The number of fused-ring (bicyclic) bond motifs is 1. The Bertz CT molecular complexity index is 1170. The van der Waals surface area contributed by atoms with Crippen LogP contribution in [0, 0.1) is 0 Å². The van der Waals surface area contributed by atoms with E-state index in [1.807, 2.05) is 0 Å². The van der Waals surface area contributed by atoms with Crippen LogP contribution in [0.5, 0.6) is 0 Å². The van der Waals surface area contributed by atoms with Crippen molar-refractivity contribution >= 4 is 62.8 Å². The lowest BCUT2D eigenvalue weighted by atomic mass is 10.1. The molecule has 0 saturated carbocycles. The third-order valence-electron chi connectivity index (χ3n) is 4.89. The van der Waals surface area contributed by atoms with E-state index in [9.17, 15) is 22.8 Å². The third kappa shape index (κ3) is 6.11. The molecule has 12 heteroatoms. The molecule has 0 radical (unpaired) electrons. The number of sulfonamides is 1. The molecule has 0 saturated heterocycles. The number of nitrogens with zero attached hydrogens (tertiary/aromatic N) is 1. The van der Waals surface area contributed by atoms with Gasteiger partial charge in [-0.25, -0.2) is 8.42 Å². The highest BCUT2D eigenvalue weighted by Gasteiger charge is 2.34. The Hall–Kier alpha value is -2.11. The maximum atomic E-state index is 12.8. The number of carbonyl (C=O) groups is 3. The zero-order valence-electron chi connectivity index (χ0n) is 18.1. The molecule has 2 aromatic carbocycles. The number of ether oxygens (including phenoxy) is 1. The molecule has 2 amide bonds. The van der Waals surface area contributed by atoms with Gasteiger partial charge in [0.1, 0.15) is 10.9 Å². The van der Waals surface area contributed by atoms with Crippen molar-refractivity contribution in [2.24, 2.45) is 0 Å². The number of hydrogen-bond acceptors (Lipinski definition) is 7. The standard InChI is InChI=1S/C22H22Cl2N2O6S2/c1-2-32-22(29)18(25-34(30,31)19-9-8-14(23)12-17(19)24)13-33-11-5-10-26-20(27)15-6-3-4-7-16(15)21(26)28/h3-4,6-9,12,18,25H,2,5,10-11,13H2,1H3. The van der Waals surface area contributed by atoms with Crippen LogP contribution in [-0.2, 0) is 19.6 Å². The summed E-state index contributed by atoms with van der Waals surface area (Å²) in [5, 5.41) is 0.204. The Morgan fingerprint density at radius 3 is 2.35 bits per heavy atom. The van der Waals surface area contributed by atoms with Crippen molar-refractivity contribution in [2.45, 2.75) is 24.3 Å². The molecule has 0 spiro atoms. The molecule has 3 rings (SSSR count). The van der Waals surface area contributed by atoms with Crippen LogP contribution in [0.1, 0.15) is 34.1 Å². The Kier molecular flexibility index (Phi) is 9.00. The minimum atomic E-state index is -4.12. The van der Waals surface area contributed by atoms with E-state index in [4.69, 9.17) is 27.9 Å². The fourth-order valence-corrected chi connectivity index (χ4v) is 6.32. The van der Waals surface area contributed by atoms with E-state index in [1.54, 1.807) is 31.2 Å². The average molecular weight is 545 g/mol. The van der Waals surface area contributed by atoms with Gasteiger partial charge in [-0.15, -0.1) is 0 Å². The van der Waals surface area contributed by atoms with Gasteiger partial charge in [0.25, 0.3) is 11.8 Å². The largest absolute Gasteiger partial charge is 0.465 e. The van der Waals surface area contributed by atoms with Gasteiger partial charge in [0, 0.05) is 17.3 Å². The molecule has 1 aliphatic rings. The van der Waals surface area contributed by atoms with E-state index in [2.05, 4.69) is 4.72 Å². The van der Waals surface area contributed by atoms with E-state index in [-0.39, 0.29) is 45.7 Å². The van der Waals surface area contributed by atoms with Crippen molar-refractivity contribution in [3.05, 3.63) is 63.6 Å². The number of hydrogen-bond donors (Lipinski definition) is 1. The maximum absolute atomic E-state index is 12.8. The molecule has 0 bridgehead atoms. The second-order valence-electron chi connectivity index (χ2n) is 7.24. The van der Waals surface area contributed by atoms with E-state index >= 15 is 0 Å². The van der Waals surface area contributed by atoms with E-state index < -0.39 is 22.0 Å². The summed E-state index contributed by atoms with van der Waals surface area (Å²) < 4.78 is 32.9. The highest BCUT2D eigenvalue weighted by molar-refractivity contribution is 7.99. The molecule has 182 valence electrons. The summed E-state index contributed by atoms with van der Waals surface area (Å²) in [6.07, 6.45) is 0.474. The highest BCUT2D eigenvalue weighted by atomic mass is 35.5. The number of benzene rings is 2. The first-order valence-corrected chi connectivity index (χ1v) is 13.7. The first-order chi connectivity index (χ1) is 16.2. The first-order valence-electron chi connectivity index (χ1n) is 10.3. The summed E-state index contributed by atoms with van der Waals surface area (Å²) >= 11 is 13.1. The van der Waals surface area contributed by atoms with Gasteiger partial charge in [-0.05, 0) is 49.4 Å². The lowest BCUT2D eigenvalue weighted by Crippen LogP contribution is -2.43. The van der Waals surface area contributed by atoms with Crippen molar-refractivity contribution in [3.63, 3.8) is 0 Å². The third-order valence-corrected chi connectivity index (χ3v) is 8.22. The van der Waals surface area contributed by atoms with Gasteiger partial charge < -0.3 is 4.74 Å². The number of nitrogens with one attached hydrogen (secondary N) is 1. The molecule has 1 unspecified atom stereocenters.